The molecular formula is C12H6Cl2F3NO. The molecule has 0 saturated heterocycles. The van der Waals surface area contributed by atoms with Crippen LogP contribution in [0.1, 0.15) is 5.56 Å². The first-order chi connectivity index (χ1) is 8.79. The molecule has 100 valence electrons. The fraction of sp³-hybridized carbons (Fsp3) is 0.0833. The van der Waals surface area contributed by atoms with Crippen LogP contribution in [0.3, 0.4) is 0 Å². The average Bonchev–Trinajstić information content (AvgIpc) is 2.30. The van der Waals surface area contributed by atoms with Gasteiger partial charge in [0.1, 0.15) is 0 Å². The van der Waals surface area contributed by atoms with Gasteiger partial charge in [-0.05, 0) is 23.8 Å². The maximum Gasteiger partial charge on any atom is 0.417 e. The Morgan fingerprint density at radius 2 is 1.74 bits per heavy atom. The van der Waals surface area contributed by atoms with E-state index in [1.807, 2.05) is 0 Å². The van der Waals surface area contributed by atoms with Crippen molar-refractivity contribution in [3.63, 3.8) is 0 Å². The molecular weight excluding hydrogens is 302 g/mol. The first-order valence-electron chi connectivity index (χ1n) is 5.04. The van der Waals surface area contributed by atoms with E-state index in [9.17, 15) is 18.0 Å². The van der Waals surface area contributed by atoms with Crippen LogP contribution in [-0.4, -0.2) is 4.98 Å². The Balaban J connectivity index is 2.77. The minimum Gasteiger partial charge on any atom is -0.328 e. The maximum atomic E-state index is 12.9. The largest absolute Gasteiger partial charge is 0.417 e. The Kier molecular flexibility index (Phi) is 3.60. The predicted octanol–water partition coefficient (Wildman–Crippen LogP) is 4.37. The van der Waals surface area contributed by atoms with Gasteiger partial charge in [-0.3, -0.25) is 4.79 Å². The quantitative estimate of drug-likeness (QED) is 0.834. The summed E-state index contributed by atoms with van der Waals surface area (Å²) in [5, 5.41) is 0.131. The minimum absolute atomic E-state index is 0.00682. The molecule has 0 saturated carbocycles. The number of aromatic amines is 1. The summed E-state index contributed by atoms with van der Waals surface area (Å²) < 4.78 is 38.8. The molecule has 0 unspecified atom stereocenters. The Bertz CT molecular complexity index is 679. The highest BCUT2D eigenvalue weighted by Gasteiger charge is 2.34. The molecule has 19 heavy (non-hydrogen) atoms. The molecule has 0 radical (unpaired) electrons. The highest BCUT2D eigenvalue weighted by Crippen LogP contribution is 2.39. The van der Waals surface area contributed by atoms with Crippen LogP contribution >= 0.6 is 23.2 Å². The zero-order valence-electron chi connectivity index (χ0n) is 9.18. The van der Waals surface area contributed by atoms with Crippen LogP contribution in [0.5, 0.6) is 0 Å². The third-order valence-corrected chi connectivity index (χ3v) is 3.00. The lowest BCUT2D eigenvalue weighted by atomic mass is 10.0. The van der Waals surface area contributed by atoms with Crippen molar-refractivity contribution in [3.8, 4) is 11.1 Å². The van der Waals surface area contributed by atoms with Gasteiger partial charge in [0.05, 0.1) is 10.6 Å². The number of halogens is 5. The van der Waals surface area contributed by atoms with Crippen molar-refractivity contribution in [2.45, 2.75) is 6.18 Å². The van der Waals surface area contributed by atoms with Gasteiger partial charge in [-0.1, -0.05) is 23.2 Å². The summed E-state index contributed by atoms with van der Waals surface area (Å²) in [6, 6.07) is 4.12. The number of alkyl halides is 3. The molecule has 1 heterocycles. The topological polar surface area (TPSA) is 32.9 Å². The third-order valence-electron chi connectivity index (χ3n) is 2.45. The molecule has 1 aromatic heterocycles. The first kappa shape index (κ1) is 14.0. The lowest BCUT2D eigenvalue weighted by molar-refractivity contribution is -0.137. The molecule has 7 heteroatoms. The summed E-state index contributed by atoms with van der Waals surface area (Å²) in [4.78, 5) is 13.5. The molecule has 0 aliphatic heterocycles. The van der Waals surface area contributed by atoms with E-state index in [1.54, 1.807) is 0 Å². The van der Waals surface area contributed by atoms with Crippen LogP contribution in [-0.2, 0) is 6.18 Å². The van der Waals surface area contributed by atoms with E-state index in [0.717, 1.165) is 30.5 Å². The number of H-pyrrole nitrogens is 1. The van der Waals surface area contributed by atoms with E-state index in [0.29, 0.717) is 0 Å². The summed E-state index contributed by atoms with van der Waals surface area (Å²) in [6.45, 7) is 0. The normalized spacial score (nSPS) is 11.6. The molecule has 0 bridgehead atoms. The molecule has 2 rings (SSSR count). The van der Waals surface area contributed by atoms with Crippen molar-refractivity contribution in [1.29, 1.82) is 0 Å². The van der Waals surface area contributed by atoms with Gasteiger partial charge in [-0.2, -0.15) is 13.2 Å². The van der Waals surface area contributed by atoms with Gasteiger partial charge in [-0.15, -0.1) is 0 Å². The van der Waals surface area contributed by atoms with Crippen LogP contribution in [0.2, 0.25) is 10.0 Å². The van der Waals surface area contributed by atoms with Gasteiger partial charge >= 0.3 is 6.18 Å². The maximum absolute atomic E-state index is 12.9. The number of hydrogen-bond acceptors (Lipinski definition) is 1. The molecule has 0 atom stereocenters. The van der Waals surface area contributed by atoms with E-state index in [4.69, 9.17) is 23.2 Å². The highest BCUT2D eigenvalue weighted by molar-refractivity contribution is 6.33. The number of benzene rings is 1. The summed E-state index contributed by atoms with van der Waals surface area (Å²) >= 11 is 11.5. The van der Waals surface area contributed by atoms with Crippen LogP contribution in [0.4, 0.5) is 13.2 Å². The molecule has 2 aromatic rings. The first-order valence-corrected chi connectivity index (χ1v) is 5.80. The molecule has 0 spiro atoms. The summed E-state index contributed by atoms with van der Waals surface area (Å²) in [7, 11) is 0. The van der Waals surface area contributed by atoms with E-state index in [-0.39, 0.29) is 21.2 Å². The van der Waals surface area contributed by atoms with Gasteiger partial charge in [0.15, 0.2) is 0 Å². The summed E-state index contributed by atoms with van der Waals surface area (Å²) in [5.41, 5.74) is -1.69. The van der Waals surface area contributed by atoms with Gasteiger partial charge in [0, 0.05) is 22.8 Å². The molecule has 0 fully saturated rings. The second kappa shape index (κ2) is 4.90. The Morgan fingerprint density at radius 1 is 1.05 bits per heavy atom. The van der Waals surface area contributed by atoms with E-state index < -0.39 is 17.3 Å². The third kappa shape index (κ3) is 2.93. The molecule has 0 aliphatic carbocycles. The average molecular weight is 308 g/mol. The second-order valence-electron chi connectivity index (χ2n) is 3.75. The Hall–Kier alpha value is -1.46. The van der Waals surface area contributed by atoms with Gasteiger partial charge in [0.2, 0.25) is 5.56 Å². The predicted molar refractivity (Wildman–Crippen MR) is 67.5 cm³/mol. The fourth-order valence-corrected chi connectivity index (χ4v) is 2.03. The van der Waals surface area contributed by atoms with E-state index in [1.165, 1.54) is 0 Å². The zero-order valence-corrected chi connectivity index (χ0v) is 10.7. The van der Waals surface area contributed by atoms with Gasteiger partial charge < -0.3 is 4.98 Å². The number of rotatable bonds is 1. The van der Waals surface area contributed by atoms with Crippen molar-refractivity contribution < 1.29 is 13.2 Å². The van der Waals surface area contributed by atoms with Crippen molar-refractivity contribution >= 4 is 23.2 Å². The second-order valence-corrected chi connectivity index (χ2v) is 4.59. The van der Waals surface area contributed by atoms with Crippen LogP contribution in [0, 0.1) is 0 Å². The number of hydrogen-bond donors (Lipinski definition) is 1. The standard InChI is InChI=1S/C12H6Cl2F3NO/c13-6-1-2-9(12(15,16)17)7(3-6)8-4-11(19)18-5-10(8)14/h1-5H,(H,18,19). The van der Waals surface area contributed by atoms with Gasteiger partial charge in [0.25, 0.3) is 0 Å². The molecule has 2 nitrogen and oxygen atoms in total. The van der Waals surface area contributed by atoms with E-state index >= 15 is 0 Å². The van der Waals surface area contributed by atoms with Crippen molar-refractivity contribution in [3.05, 3.63) is 56.4 Å². The fourth-order valence-electron chi connectivity index (χ4n) is 1.65. The number of pyridine rings is 1. The SMILES string of the molecule is O=c1cc(-c2cc(Cl)ccc2C(F)(F)F)c(Cl)c[nH]1. The van der Waals surface area contributed by atoms with Crippen molar-refractivity contribution in [1.82, 2.24) is 4.98 Å². The molecule has 0 aliphatic rings. The lowest BCUT2D eigenvalue weighted by Crippen LogP contribution is -2.09. The Labute approximate surface area is 115 Å². The number of aromatic nitrogens is 1. The molecule has 1 N–H and O–H groups in total. The zero-order chi connectivity index (χ0) is 14.2. The van der Waals surface area contributed by atoms with Crippen LogP contribution < -0.4 is 5.56 Å². The van der Waals surface area contributed by atoms with E-state index in [2.05, 4.69) is 4.98 Å². The lowest BCUT2D eigenvalue weighted by Gasteiger charge is -2.14. The van der Waals surface area contributed by atoms with Crippen molar-refractivity contribution in [2.24, 2.45) is 0 Å². The monoisotopic (exact) mass is 307 g/mol. The summed E-state index contributed by atoms with van der Waals surface area (Å²) in [5.74, 6) is 0. The molecule has 1 aromatic carbocycles. The van der Waals surface area contributed by atoms with Gasteiger partial charge in [-0.25, -0.2) is 0 Å². The van der Waals surface area contributed by atoms with Crippen LogP contribution in [0.25, 0.3) is 11.1 Å². The van der Waals surface area contributed by atoms with Crippen molar-refractivity contribution in [2.75, 3.05) is 0 Å². The minimum atomic E-state index is -4.56. The highest BCUT2D eigenvalue weighted by atomic mass is 35.5. The Morgan fingerprint density at radius 3 is 2.37 bits per heavy atom. The van der Waals surface area contributed by atoms with Crippen LogP contribution in [0.15, 0.2) is 35.3 Å². The number of nitrogens with one attached hydrogen (secondary N) is 1. The smallest absolute Gasteiger partial charge is 0.328 e. The summed E-state index contributed by atoms with van der Waals surface area (Å²) in [6.07, 6.45) is -3.42. The molecule has 0 amide bonds.